The van der Waals surface area contributed by atoms with Crippen LogP contribution in [0.3, 0.4) is 0 Å². The predicted molar refractivity (Wildman–Crippen MR) is 158 cm³/mol. The van der Waals surface area contributed by atoms with Crippen LogP contribution < -0.4 is 4.90 Å². The minimum atomic E-state index is -0.348. The van der Waals surface area contributed by atoms with Gasteiger partial charge in [0.2, 0.25) is 0 Å². The lowest BCUT2D eigenvalue weighted by atomic mass is 9.97. The molecule has 1 saturated carbocycles. The molecule has 2 aromatic carbocycles. The van der Waals surface area contributed by atoms with Crippen molar-refractivity contribution in [1.82, 2.24) is 24.6 Å². The Morgan fingerprint density at radius 3 is 2.74 bits per heavy atom. The maximum Gasteiger partial charge on any atom is 0.260 e. The molecule has 3 fully saturated rings. The normalized spacial score (nSPS) is 21.3. The van der Waals surface area contributed by atoms with Crippen LogP contribution in [0, 0.1) is 12.4 Å². The summed E-state index contributed by atoms with van der Waals surface area (Å²) in [6.07, 6.45) is 5.96. The molecule has 5 heterocycles. The molecule has 0 bridgehead atoms. The Bertz CT molecular complexity index is 1820. The minimum absolute atomic E-state index is 0.135. The lowest BCUT2D eigenvalue weighted by molar-refractivity contribution is 0.0995. The number of benzene rings is 2. The monoisotopic (exact) mass is 575 g/mol. The fourth-order valence-corrected chi connectivity index (χ4v) is 6.90. The van der Waals surface area contributed by atoms with Gasteiger partial charge in [-0.1, -0.05) is 12.1 Å². The van der Waals surface area contributed by atoms with Gasteiger partial charge >= 0.3 is 0 Å². The van der Waals surface area contributed by atoms with E-state index >= 15 is 4.39 Å². The van der Waals surface area contributed by atoms with Gasteiger partial charge in [-0.25, -0.2) is 14.2 Å². The Kier molecular flexibility index (Phi) is 6.13. The molecule has 2 saturated heterocycles. The highest BCUT2D eigenvalue weighted by atomic mass is 19.1. The topological polar surface area (TPSA) is 80.7 Å². The van der Waals surface area contributed by atoms with Crippen LogP contribution in [-0.2, 0) is 24.9 Å². The van der Waals surface area contributed by atoms with E-state index in [0.29, 0.717) is 47.0 Å². The predicted octanol–water partition coefficient (Wildman–Crippen LogP) is 5.63. The number of hydrogen-bond acceptors (Lipinski definition) is 6. The Balaban J connectivity index is 1.16. The summed E-state index contributed by atoms with van der Waals surface area (Å²) in [6.45, 7) is 9.97. The van der Waals surface area contributed by atoms with E-state index in [9.17, 15) is 4.79 Å². The molecule has 4 aliphatic rings. The van der Waals surface area contributed by atoms with E-state index in [1.54, 1.807) is 23.4 Å². The molecule has 0 N–H and O–H groups in total. The zero-order valence-corrected chi connectivity index (χ0v) is 23.8. The van der Waals surface area contributed by atoms with E-state index in [0.717, 1.165) is 66.8 Å². The van der Waals surface area contributed by atoms with Crippen molar-refractivity contribution in [3.8, 4) is 22.5 Å². The van der Waals surface area contributed by atoms with Crippen LogP contribution in [0.2, 0.25) is 0 Å². The number of rotatable bonds is 6. The van der Waals surface area contributed by atoms with Crippen LogP contribution in [0.5, 0.6) is 0 Å². The zero-order valence-electron chi connectivity index (χ0n) is 23.8. The number of halogens is 1. The van der Waals surface area contributed by atoms with Crippen LogP contribution in [0.4, 0.5) is 15.9 Å². The maximum atomic E-state index is 15.6. The van der Waals surface area contributed by atoms with Crippen molar-refractivity contribution in [2.45, 2.75) is 56.8 Å². The number of hydrogen-bond donors (Lipinski definition) is 0. The van der Waals surface area contributed by atoms with Crippen LogP contribution in [-0.4, -0.2) is 55.9 Å². The van der Waals surface area contributed by atoms with Gasteiger partial charge in [-0.3, -0.25) is 14.6 Å². The van der Waals surface area contributed by atoms with Gasteiger partial charge in [-0.05, 0) is 72.7 Å². The number of nitrogens with zero attached hydrogens (tertiary/aromatic N) is 7. The molecule has 2 aromatic heterocycles. The first kappa shape index (κ1) is 26.2. The molecule has 4 aromatic rings. The summed E-state index contributed by atoms with van der Waals surface area (Å²) in [7, 11) is 1.86. The average molecular weight is 576 g/mol. The number of likely N-dealkylation sites (tertiary alicyclic amines) is 1. The van der Waals surface area contributed by atoms with Crippen molar-refractivity contribution in [3.63, 3.8) is 0 Å². The molecule has 2 atom stereocenters. The smallest absolute Gasteiger partial charge is 0.260 e. The SMILES string of the molecule is [C-]#[N+]c1ccc(-c2cc(C3CC3)nc(N3Cc4c(F)cc(CN5CC[C@@H]6OCC[C@@H]65)cc4C3=O)c2)c(-c2nncn2C)c1. The van der Waals surface area contributed by atoms with Crippen molar-refractivity contribution in [2.24, 2.45) is 7.05 Å². The van der Waals surface area contributed by atoms with E-state index in [1.807, 2.05) is 35.9 Å². The zero-order chi connectivity index (χ0) is 29.2. The summed E-state index contributed by atoms with van der Waals surface area (Å²) in [5, 5.41) is 8.35. The number of amides is 1. The van der Waals surface area contributed by atoms with Gasteiger partial charge in [0.25, 0.3) is 5.91 Å². The third-order valence-corrected chi connectivity index (χ3v) is 9.28. The minimum Gasteiger partial charge on any atom is -0.376 e. The van der Waals surface area contributed by atoms with Gasteiger partial charge in [0, 0.05) is 61.1 Å². The highest BCUT2D eigenvalue weighted by Crippen LogP contribution is 2.44. The second-order valence-electron chi connectivity index (χ2n) is 12.0. The molecule has 9 nitrogen and oxygen atoms in total. The van der Waals surface area contributed by atoms with Crippen LogP contribution in [0.25, 0.3) is 27.4 Å². The lowest BCUT2D eigenvalue weighted by Gasteiger charge is -2.22. The summed E-state index contributed by atoms with van der Waals surface area (Å²) >= 11 is 0. The van der Waals surface area contributed by atoms with Gasteiger partial charge < -0.3 is 9.30 Å². The van der Waals surface area contributed by atoms with Crippen molar-refractivity contribution in [2.75, 3.05) is 18.1 Å². The largest absolute Gasteiger partial charge is 0.376 e. The molecule has 10 heteroatoms. The highest BCUT2D eigenvalue weighted by Gasteiger charge is 2.39. The molecule has 3 aliphatic heterocycles. The van der Waals surface area contributed by atoms with Crippen LogP contribution >= 0.6 is 0 Å². The molecule has 0 radical (unpaired) electrons. The van der Waals surface area contributed by atoms with Gasteiger partial charge in [0.1, 0.15) is 18.0 Å². The van der Waals surface area contributed by atoms with E-state index in [4.69, 9.17) is 16.3 Å². The van der Waals surface area contributed by atoms with Crippen molar-refractivity contribution in [1.29, 1.82) is 0 Å². The number of fused-ring (bicyclic) bond motifs is 2. The van der Waals surface area contributed by atoms with Gasteiger partial charge in [0.15, 0.2) is 11.5 Å². The van der Waals surface area contributed by atoms with E-state index in [1.165, 1.54) is 0 Å². The molecular weight excluding hydrogens is 545 g/mol. The molecule has 0 spiro atoms. The first-order valence-corrected chi connectivity index (χ1v) is 14.8. The number of aryl methyl sites for hydroxylation is 1. The maximum absolute atomic E-state index is 15.6. The van der Waals surface area contributed by atoms with E-state index in [-0.39, 0.29) is 24.4 Å². The lowest BCUT2D eigenvalue weighted by Crippen LogP contribution is -2.31. The molecule has 216 valence electrons. The van der Waals surface area contributed by atoms with Gasteiger partial charge in [-0.15, -0.1) is 10.2 Å². The van der Waals surface area contributed by atoms with E-state index in [2.05, 4.69) is 26.0 Å². The number of aromatic nitrogens is 4. The number of ether oxygens (including phenoxy) is 1. The Morgan fingerprint density at radius 2 is 1.95 bits per heavy atom. The molecular formula is C33H30FN7O2. The highest BCUT2D eigenvalue weighted by molar-refractivity contribution is 6.10. The number of carbonyl (C=O) groups is 1. The van der Waals surface area contributed by atoms with Crippen molar-refractivity contribution in [3.05, 3.63) is 88.4 Å². The number of carbonyl (C=O) groups excluding carboxylic acids is 1. The van der Waals surface area contributed by atoms with Crippen LogP contribution in [0.15, 0.2) is 48.8 Å². The summed E-state index contributed by atoms with van der Waals surface area (Å²) in [4.78, 5) is 26.4. The molecule has 43 heavy (non-hydrogen) atoms. The Hall–Kier alpha value is -4.46. The molecule has 1 aliphatic carbocycles. The standard InChI is InChI=1S/C33H30FN7O2/c1-35-22-5-6-23(24(15-22)32-38-36-18-39(32)2)21-13-28(20-3-4-20)37-31(14-21)41-17-26-25(33(41)42)11-19(12-27(26)34)16-40-9-7-30-29(40)8-10-43-30/h5-6,11-15,18,20,29-30H,3-4,7-10,16-17H2,2H3/t29-,30-/m0/s1. The molecule has 1 amide bonds. The first-order chi connectivity index (χ1) is 21.0. The summed E-state index contributed by atoms with van der Waals surface area (Å²) in [5.41, 5.74) is 5.56. The molecule has 8 rings (SSSR count). The Labute approximate surface area is 248 Å². The second kappa shape index (κ2) is 10.1. The number of pyridine rings is 1. The van der Waals surface area contributed by atoms with Gasteiger partial charge in [-0.2, -0.15) is 0 Å². The van der Waals surface area contributed by atoms with Crippen molar-refractivity contribution >= 4 is 17.4 Å². The summed E-state index contributed by atoms with van der Waals surface area (Å²) in [5.74, 6) is 0.888. The third kappa shape index (κ3) is 4.51. The first-order valence-electron chi connectivity index (χ1n) is 14.8. The number of anilines is 1. The summed E-state index contributed by atoms with van der Waals surface area (Å²) < 4.78 is 23.2. The fraction of sp³-hybridized carbons (Fsp3) is 0.364. The third-order valence-electron chi connectivity index (χ3n) is 9.28. The molecule has 0 unspecified atom stereocenters. The second-order valence-corrected chi connectivity index (χ2v) is 12.0. The van der Waals surface area contributed by atoms with Gasteiger partial charge in [0.05, 0.1) is 19.2 Å². The fourth-order valence-electron chi connectivity index (χ4n) is 6.90. The average Bonchev–Trinajstić information content (AvgIpc) is 3.26. The summed E-state index contributed by atoms with van der Waals surface area (Å²) in [6, 6.07) is 13.3. The van der Waals surface area contributed by atoms with E-state index < -0.39 is 0 Å². The quantitative estimate of drug-likeness (QED) is 0.277. The van der Waals surface area contributed by atoms with Crippen molar-refractivity contribution < 1.29 is 13.9 Å². The van der Waals surface area contributed by atoms with Crippen LogP contribution in [0.1, 0.15) is 58.8 Å². The Morgan fingerprint density at radius 1 is 1.07 bits per heavy atom.